The zero-order valence-electron chi connectivity index (χ0n) is 12.2. The Kier molecular flexibility index (Phi) is 3.32. The summed E-state index contributed by atoms with van der Waals surface area (Å²) < 4.78 is 27.5. The first kappa shape index (κ1) is 13.7. The highest BCUT2D eigenvalue weighted by Gasteiger charge is 2.37. The summed E-state index contributed by atoms with van der Waals surface area (Å²) in [5.74, 6) is 1.15. The fourth-order valence-corrected chi connectivity index (χ4v) is 5.64. The van der Waals surface area contributed by atoms with Crippen LogP contribution in [0, 0.1) is 11.8 Å². The summed E-state index contributed by atoms with van der Waals surface area (Å²) in [4.78, 5) is 0.493. The third-order valence-corrected chi connectivity index (χ3v) is 7.24. The van der Waals surface area contributed by atoms with Gasteiger partial charge in [0.15, 0.2) is 0 Å². The average molecular weight is 306 g/mol. The first-order valence-electron chi connectivity index (χ1n) is 7.97. The molecule has 2 fully saturated rings. The summed E-state index contributed by atoms with van der Waals surface area (Å²) in [5.41, 5.74) is 2.56. The average Bonchev–Trinajstić information content (AvgIpc) is 3.14. The van der Waals surface area contributed by atoms with Crippen LogP contribution >= 0.6 is 0 Å². The third kappa shape index (κ3) is 2.31. The second-order valence-corrected chi connectivity index (χ2v) is 8.55. The van der Waals surface area contributed by atoms with Crippen LogP contribution in [0.2, 0.25) is 0 Å². The van der Waals surface area contributed by atoms with Gasteiger partial charge in [0, 0.05) is 13.1 Å². The van der Waals surface area contributed by atoms with Crippen LogP contribution in [0.15, 0.2) is 23.1 Å². The van der Waals surface area contributed by atoms with E-state index in [4.69, 9.17) is 0 Å². The Labute approximate surface area is 126 Å². The van der Waals surface area contributed by atoms with Crippen LogP contribution in [0.3, 0.4) is 0 Å². The molecule has 21 heavy (non-hydrogen) atoms. The fourth-order valence-electron chi connectivity index (χ4n) is 4.08. The lowest BCUT2D eigenvalue weighted by molar-refractivity contribution is 0.228. The first-order chi connectivity index (χ1) is 10.1. The highest BCUT2D eigenvalue weighted by molar-refractivity contribution is 7.89. The molecule has 4 rings (SSSR count). The number of hydrogen-bond donors (Lipinski definition) is 1. The zero-order chi connectivity index (χ0) is 14.4. The Morgan fingerprint density at radius 2 is 1.90 bits per heavy atom. The van der Waals surface area contributed by atoms with Gasteiger partial charge in [-0.15, -0.1) is 0 Å². The second kappa shape index (κ2) is 5.07. The number of benzene rings is 1. The molecule has 2 saturated heterocycles. The summed E-state index contributed by atoms with van der Waals surface area (Å²) >= 11 is 0. The van der Waals surface area contributed by atoms with Gasteiger partial charge in [0.1, 0.15) is 0 Å². The number of sulfonamides is 1. The smallest absolute Gasteiger partial charge is 0.243 e. The molecule has 3 aliphatic rings. The van der Waals surface area contributed by atoms with Gasteiger partial charge in [0.2, 0.25) is 10.0 Å². The van der Waals surface area contributed by atoms with Gasteiger partial charge in [0.05, 0.1) is 4.90 Å². The quantitative estimate of drug-likeness (QED) is 0.899. The van der Waals surface area contributed by atoms with E-state index < -0.39 is 10.0 Å². The van der Waals surface area contributed by atoms with Gasteiger partial charge in [-0.1, -0.05) is 6.07 Å². The van der Waals surface area contributed by atoms with Crippen molar-refractivity contribution in [3.63, 3.8) is 0 Å². The van der Waals surface area contributed by atoms with Crippen LogP contribution < -0.4 is 5.32 Å². The Hall–Kier alpha value is -0.910. The molecule has 2 heterocycles. The monoisotopic (exact) mass is 306 g/mol. The van der Waals surface area contributed by atoms with Gasteiger partial charge in [-0.05, 0) is 73.9 Å². The lowest BCUT2D eigenvalue weighted by Gasteiger charge is -2.33. The van der Waals surface area contributed by atoms with Gasteiger partial charge in [-0.2, -0.15) is 4.31 Å². The fraction of sp³-hybridized carbons (Fsp3) is 0.625. The number of fused-ring (bicyclic) bond motifs is 2. The SMILES string of the molecule is O=S(=O)(c1ccc2c(c1)CCC2)N1CCC2CNCC2C1. The van der Waals surface area contributed by atoms with Crippen molar-refractivity contribution in [1.82, 2.24) is 9.62 Å². The number of hydrogen-bond acceptors (Lipinski definition) is 3. The molecule has 2 unspecified atom stereocenters. The van der Waals surface area contributed by atoms with Crippen molar-refractivity contribution in [3.8, 4) is 0 Å². The van der Waals surface area contributed by atoms with Crippen molar-refractivity contribution in [2.24, 2.45) is 11.8 Å². The molecule has 2 aliphatic heterocycles. The molecule has 0 amide bonds. The maximum absolute atomic E-state index is 12.9. The molecule has 0 bridgehead atoms. The van der Waals surface area contributed by atoms with Gasteiger partial charge in [0.25, 0.3) is 0 Å². The van der Waals surface area contributed by atoms with Gasteiger partial charge in [-0.3, -0.25) is 0 Å². The van der Waals surface area contributed by atoms with Crippen LogP contribution in [0.5, 0.6) is 0 Å². The third-order valence-electron chi connectivity index (χ3n) is 5.37. The number of nitrogens with zero attached hydrogens (tertiary/aromatic N) is 1. The van der Waals surface area contributed by atoms with E-state index >= 15 is 0 Å². The minimum atomic E-state index is -3.32. The lowest BCUT2D eigenvalue weighted by Crippen LogP contribution is -2.43. The van der Waals surface area contributed by atoms with E-state index in [0.29, 0.717) is 29.8 Å². The van der Waals surface area contributed by atoms with Crippen molar-refractivity contribution >= 4 is 10.0 Å². The molecule has 1 aliphatic carbocycles. The van der Waals surface area contributed by atoms with Gasteiger partial charge >= 0.3 is 0 Å². The van der Waals surface area contributed by atoms with Crippen LogP contribution in [-0.4, -0.2) is 38.9 Å². The molecule has 0 saturated carbocycles. The molecular formula is C16H22N2O2S. The Bertz CT molecular complexity index is 656. The van der Waals surface area contributed by atoms with E-state index in [1.54, 1.807) is 10.4 Å². The standard InChI is InChI=1S/C16H22N2O2S/c19-21(20,16-5-4-12-2-1-3-13(12)8-16)18-7-6-14-9-17-10-15(14)11-18/h4-5,8,14-15,17H,1-3,6-7,9-11H2. The maximum atomic E-state index is 12.9. The summed E-state index contributed by atoms with van der Waals surface area (Å²) in [5, 5.41) is 3.39. The predicted octanol–water partition coefficient (Wildman–Crippen LogP) is 1.41. The molecule has 2 atom stereocenters. The largest absolute Gasteiger partial charge is 0.316 e. The van der Waals surface area contributed by atoms with Gasteiger partial charge in [-0.25, -0.2) is 8.42 Å². The number of nitrogens with one attached hydrogen (secondary N) is 1. The predicted molar refractivity (Wildman–Crippen MR) is 81.7 cm³/mol. The van der Waals surface area contributed by atoms with Crippen molar-refractivity contribution < 1.29 is 8.42 Å². The Morgan fingerprint density at radius 1 is 1.10 bits per heavy atom. The summed E-state index contributed by atoms with van der Waals surface area (Å²) in [6, 6.07) is 5.73. The molecule has 4 nitrogen and oxygen atoms in total. The number of rotatable bonds is 2. The van der Waals surface area contributed by atoms with E-state index in [9.17, 15) is 8.42 Å². The number of aryl methyl sites for hydroxylation is 2. The molecule has 1 aromatic carbocycles. The molecule has 0 spiro atoms. The van der Waals surface area contributed by atoms with E-state index in [1.165, 1.54) is 11.1 Å². The topological polar surface area (TPSA) is 49.4 Å². The normalized spacial score (nSPS) is 29.3. The van der Waals surface area contributed by atoms with E-state index in [0.717, 1.165) is 38.8 Å². The van der Waals surface area contributed by atoms with E-state index in [1.807, 2.05) is 12.1 Å². The first-order valence-corrected chi connectivity index (χ1v) is 9.41. The van der Waals surface area contributed by atoms with Crippen LogP contribution in [-0.2, 0) is 22.9 Å². The molecule has 0 aromatic heterocycles. The number of piperidine rings is 1. The second-order valence-electron chi connectivity index (χ2n) is 6.61. The molecule has 1 aromatic rings. The Morgan fingerprint density at radius 3 is 2.81 bits per heavy atom. The van der Waals surface area contributed by atoms with E-state index in [2.05, 4.69) is 5.32 Å². The zero-order valence-corrected chi connectivity index (χ0v) is 13.0. The van der Waals surface area contributed by atoms with Gasteiger partial charge < -0.3 is 5.32 Å². The Balaban J connectivity index is 1.61. The van der Waals surface area contributed by atoms with Crippen molar-refractivity contribution in [3.05, 3.63) is 29.3 Å². The summed E-state index contributed by atoms with van der Waals surface area (Å²) in [6.45, 7) is 3.36. The molecule has 114 valence electrons. The molecule has 1 N–H and O–H groups in total. The lowest BCUT2D eigenvalue weighted by atomic mass is 9.90. The maximum Gasteiger partial charge on any atom is 0.243 e. The van der Waals surface area contributed by atoms with Crippen molar-refractivity contribution in [1.29, 1.82) is 0 Å². The highest BCUT2D eigenvalue weighted by Crippen LogP contribution is 2.31. The summed E-state index contributed by atoms with van der Waals surface area (Å²) in [7, 11) is -3.32. The highest BCUT2D eigenvalue weighted by atomic mass is 32.2. The summed E-state index contributed by atoms with van der Waals surface area (Å²) in [6.07, 6.45) is 4.25. The van der Waals surface area contributed by atoms with Crippen LogP contribution in [0.25, 0.3) is 0 Å². The van der Waals surface area contributed by atoms with Crippen molar-refractivity contribution in [2.75, 3.05) is 26.2 Å². The van der Waals surface area contributed by atoms with Crippen molar-refractivity contribution in [2.45, 2.75) is 30.6 Å². The molecule has 0 radical (unpaired) electrons. The minimum Gasteiger partial charge on any atom is -0.316 e. The molecule has 5 heteroatoms. The molecular weight excluding hydrogens is 284 g/mol. The van der Waals surface area contributed by atoms with Crippen LogP contribution in [0.4, 0.5) is 0 Å². The minimum absolute atomic E-state index is 0.489. The van der Waals surface area contributed by atoms with Crippen LogP contribution in [0.1, 0.15) is 24.0 Å². The van der Waals surface area contributed by atoms with E-state index in [-0.39, 0.29) is 0 Å².